The number of pyridine rings is 1. The van der Waals surface area contributed by atoms with E-state index >= 15 is 0 Å². The second-order valence-electron chi connectivity index (χ2n) is 10.1. The summed E-state index contributed by atoms with van der Waals surface area (Å²) < 4.78 is 11.1. The lowest BCUT2D eigenvalue weighted by molar-refractivity contribution is 0.0635. The molecule has 0 spiro atoms. The average molecular weight is 524 g/mol. The van der Waals surface area contributed by atoms with E-state index in [1.807, 2.05) is 91.9 Å². The molecule has 1 aromatic heterocycles. The van der Waals surface area contributed by atoms with Gasteiger partial charge >= 0.3 is 6.09 Å². The van der Waals surface area contributed by atoms with E-state index in [9.17, 15) is 9.59 Å². The molecular formula is C32H33N3O4. The largest absolute Gasteiger partial charge is 0.493 e. The molecule has 39 heavy (non-hydrogen) atoms. The van der Waals surface area contributed by atoms with Gasteiger partial charge in [0.2, 0.25) is 0 Å². The van der Waals surface area contributed by atoms with Crippen LogP contribution in [0.25, 0.3) is 11.1 Å². The number of rotatable bonds is 8. The van der Waals surface area contributed by atoms with Gasteiger partial charge in [0.15, 0.2) is 0 Å². The third-order valence-electron chi connectivity index (χ3n) is 5.71. The van der Waals surface area contributed by atoms with Gasteiger partial charge < -0.3 is 14.8 Å². The molecule has 0 radical (unpaired) electrons. The monoisotopic (exact) mass is 523 g/mol. The van der Waals surface area contributed by atoms with Crippen LogP contribution in [0.3, 0.4) is 0 Å². The molecule has 0 bridgehead atoms. The zero-order chi connectivity index (χ0) is 27.8. The van der Waals surface area contributed by atoms with Crippen molar-refractivity contribution in [2.75, 3.05) is 17.2 Å². The molecule has 4 aromatic rings. The van der Waals surface area contributed by atoms with Gasteiger partial charge in [-0.05, 0) is 81.3 Å². The summed E-state index contributed by atoms with van der Waals surface area (Å²) in [6.07, 6.45) is 0.00667. The number of amides is 2. The van der Waals surface area contributed by atoms with Gasteiger partial charge in [-0.15, -0.1) is 0 Å². The topological polar surface area (TPSA) is 89.6 Å². The van der Waals surface area contributed by atoms with Crippen molar-refractivity contribution in [2.24, 2.45) is 0 Å². The molecule has 7 nitrogen and oxygen atoms in total. The number of carbonyl (C=O) groups is 2. The molecule has 0 aliphatic rings. The Balaban J connectivity index is 1.31. The van der Waals surface area contributed by atoms with Gasteiger partial charge in [0, 0.05) is 23.4 Å². The molecule has 0 atom stereocenters. The second-order valence-corrected chi connectivity index (χ2v) is 10.1. The van der Waals surface area contributed by atoms with Crippen LogP contribution < -0.4 is 15.4 Å². The van der Waals surface area contributed by atoms with Crippen LogP contribution in [0.1, 0.15) is 42.4 Å². The Kier molecular flexibility index (Phi) is 8.61. The van der Waals surface area contributed by atoms with Crippen LogP contribution in [0.2, 0.25) is 0 Å². The van der Waals surface area contributed by atoms with Gasteiger partial charge in [0.25, 0.3) is 5.91 Å². The summed E-state index contributed by atoms with van der Waals surface area (Å²) in [4.78, 5) is 29.5. The van der Waals surface area contributed by atoms with Crippen LogP contribution in [0, 0.1) is 6.92 Å². The van der Waals surface area contributed by atoms with Crippen molar-refractivity contribution in [1.82, 2.24) is 4.98 Å². The second kappa shape index (κ2) is 12.3. The van der Waals surface area contributed by atoms with Crippen molar-refractivity contribution < 1.29 is 19.1 Å². The van der Waals surface area contributed by atoms with Crippen LogP contribution in [0.15, 0.2) is 91.0 Å². The maximum absolute atomic E-state index is 13.1. The van der Waals surface area contributed by atoms with Crippen LogP contribution >= 0.6 is 0 Å². The Hall–Kier alpha value is -4.65. The minimum atomic E-state index is -0.584. The molecule has 2 N–H and O–H groups in total. The highest BCUT2D eigenvalue weighted by atomic mass is 16.6. The maximum atomic E-state index is 13.1. The highest BCUT2D eigenvalue weighted by molar-refractivity contribution is 6.08. The first-order valence-corrected chi connectivity index (χ1v) is 12.8. The number of benzene rings is 3. The van der Waals surface area contributed by atoms with E-state index in [1.54, 1.807) is 26.8 Å². The Morgan fingerprint density at radius 1 is 0.821 bits per heavy atom. The van der Waals surface area contributed by atoms with Gasteiger partial charge in [-0.3, -0.25) is 10.1 Å². The summed E-state index contributed by atoms with van der Waals surface area (Å²) in [6, 6.07) is 28.4. The highest BCUT2D eigenvalue weighted by Crippen LogP contribution is 2.25. The number of anilines is 2. The van der Waals surface area contributed by atoms with Crippen molar-refractivity contribution in [3.63, 3.8) is 0 Å². The first-order valence-electron chi connectivity index (χ1n) is 12.8. The predicted molar refractivity (Wildman–Crippen MR) is 154 cm³/mol. The standard InChI is InChI=1S/C32H33N3O4/c1-22-12-14-23(15-13-22)27-9-5-6-10-28(27)30(36)34-25-16-18-26(19-17-25)38-21-20-24-8-7-11-29(33-24)35-31(37)39-32(2,3)4/h5-19H,20-21H2,1-4H3,(H,34,36)(H,33,35,37). The predicted octanol–water partition coefficient (Wildman–Crippen LogP) is 7.28. The van der Waals surface area contributed by atoms with Gasteiger partial charge in [-0.25, -0.2) is 9.78 Å². The lowest BCUT2D eigenvalue weighted by Crippen LogP contribution is -2.27. The van der Waals surface area contributed by atoms with Crippen LogP contribution in [-0.2, 0) is 11.2 Å². The summed E-state index contributed by atoms with van der Waals surface area (Å²) in [5, 5.41) is 5.62. The number of carbonyl (C=O) groups excluding carboxylic acids is 2. The number of ether oxygens (including phenoxy) is 2. The number of aryl methyl sites for hydroxylation is 1. The fourth-order valence-corrected chi connectivity index (χ4v) is 3.87. The summed E-state index contributed by atoms with van der Waals surface area (Å²) >= 11 is 0. The fourth-order valence-electron chi connectivity index (χ4n) is 3.87. The van der Waals surface area contributed by atoms with Gasteiger partial charge in [0.05, 0.1) is 6.61 Å². The van der Waals surface area contributed by atoms with Gasteiger partial charge in [0.1, 0.15) is 17.2 Å². The van der Waals surface area contributed by atoms with E-state index in [2.05, 4.69) is 15.6 Å². The van der Waals surface area contributed by atoms with Crippen molar-refractivity contribution in [1.29, 1.82) is 0 Å². The lowest BCUT2D eigenvalue weighted by atomic mass is 9.98. The Morgan fingerprint density at radius 2 is 1.54 bits per heavy atom. The molecule has 4 rings (SSSR count). The quantitative estimate of drug-likeness (QED) is 0.253. The molecule has 0 saturated carbocycles. The minimum Gasteiger partial charge on any atom is -0.493 e. The molecular weight excluding hydrogens is 490 g/mol. The van der Waals surface area contributed by atoms with Crippen molar-refractivity contribution in [3.05, 3.63) is 108 Å². The number of hydrogen-bond acceptors (Lipinski definition) is 5. The summed E-state index contributed by atoms with van der Waals surface area (Å²) in [5.41, 5.74) is 4.53. The molecule has 1 heterocycles. The van der Waals surface area contributed by atoms with E-state index in [-0.39, 0.29) is 5.91 Å². The maximum Gasteiger partial charge on any atom is 0.413 e. The van der Waals surface area contributed by atoms with E-state index in [4.69, 9.17) is 9.47 Å². The molecule has 0 aliphatic carbocycles. The first-order chi connectivity index (χ1) is 18.7. The van der Waals surface area contributed by atoms with Crippen molar-refractivity contribution in [2.45, 2.75) is 39.7 Å². The van der Waals surface area contributed by atoms with E-state index in [0.717, 1.165) is 16.8 Å². The molecule has 0 aliphatic heterocycles. The molecule has 0 fully saturated rings. The first kappa shape index (κ1) is 27.4. The van der Waals surface area contributed by atoms with Crippen molar-refractivity contribution >= 4 is 23.5 Å². The number of hydrogen-bond donors (Lipinski definition) is 2. The molecule has 3 aromatic carbocycles. The van der Waals surface area contributed by atoms with Crippen LogP contribution in [0.5, 0.6) is 5.75 Å². The lowest BCUT2D eigenvalue weighted by Gasteiger charge is -2.19. The Bertz CT molecular complexity index is 1430. The summed E-state index contributed by atoms with van der Waals surface area (Å²) in [7, 11) is 0. The number of aromatic nitrogens is 1. The van der Waals surface area contributed by atoms with Gasteiger partial charge in [-0.2, -0.15) is 0 Å². The Labute approximate surface area is 229 Å². The summed E-state index contributed by atoms with van der Waals surface area (Å²) in [6.45, 7) is 7.86. The molecule has 0 saturated heterocycles. The van der Waals surface area contributed by atoms with E-state index in [0.29, 0.717) is 35.8 Å². The smallest absolute Gasteiger partial charge is 0.413 e. The Morgan fingerprint density at radius 3 is 2.26 bits per heavy atom. The zero-order valence-corrected chi connectivity index (χ0v) is 22.7. The minimum absolute atomic E-state index is 0.175. The molecule has 0 unspecified atom stereocenters. The normalized spacial score (nSPS) is 11.0. The SMILES string of the molecule is Cc1ccc(-c2ccccc2C(=O)Nc2ccc(OCCc3cccc(NC(=O)OC(C)(C)C)n3)cc2)cc1. The van der Waals surface area contributed by atoms with Crippen LogP contribution in [-0.4, -0.2) is 29.2 Å². The average Bonchev–Trinajstić information content (AvgIpc) is 2.89. The molecule has 2 amide bonds. The highest BCUT2D eigenvalue weighted by Gasteiger charge is 2.17. The number of nitrogens with one attached hydrogen (secondary N) is 2. The summed E-state index contributed by atoms with van der Waals surface area (Å²) in [5.74, 6) is 0.924. The third-order valence-corrected chi connectivity index (χ3v) is 5.71. The fraction of sp³-hybridized carbons (Fsp3) is 0.219. The van der Waals surface area contributed by atoms with E-state index in [1.165, 1.54) is 5.56 Å². The zero-order valence-electron chi connectivity index (χ0n) is 22.7. The molecule has 200 valence electrons. The van der Waals surface area contributed by atoms with Gasteiger partial charge in [-0.1, -0.05) is 54.1 Å². The molecule has 7 heteroatoms. The van der Waals surface area contributed by atoms with Crippen molar-refractivity contribution in [3.8, 4) is 16.9 Å². The van der Waals surface area contributed by atoms with Crippen LogP contribution in [0.4, 0.5) is 16.3 Å². The third kappa shape index (κ3) is 8.17. The number of nitrogens with zero attached hydrogens (tertiary/aromatic N) is 1. The van der Waals surface area contributed by atoms with E-state index < -0.39 is 11.7 Å².